The lowest BCUT2D eigenvalue weighted by atomic mass is 10.2. The predicted octanol–water partition coefficient (Wildman–Crippen LogP) is 2.24. The van der Waals surface area contributed by atoms with Crippen molar-refractivity contribution in [2.45, 2.75) is 27.3 Å². The molecule has 0 unspecified atom stereocenters. The average molecular weight is 334 g/mol. The Bertz CT molecular complexity index is 1030. The van der Waals surface area contributed by atoms with Crippen LogP contribution in [0, 0.1) is 20.8 Å². The minimum Gasteiger partial charge on any atom is -0.379 e. The third kappa shape index (κ3) is 2.93. The van der Waals surface area contributed by atoms with Crippen LogP contribution in [0.2, 0.25) is 0 Å². The van der Waals surface area contributed by atoms with Gasteiger partial charge in [-0.25, -0.2) is 14.6 Å². The van der Waals surface area contributed by atoms with Crippen molar-refractivity contribution in [1.82, 2.24) is 34.6 Å². The van der Waals surface area contributed by atoms with E-state index in [0.29, 0.717) is 6.54 Å². The molecular weight excluding hydrogens is 316 g/mol. The van der Waals surface area contributed by atoms with E-state index < -0.39 is 0 Å². The maximum Gasteiger partial charge on any atom is 0.234 e. The lowest BCUT2D eigenvalue weighted by Gasteiger charge is -2.09. The first-order valence-corrected chi connectivity index (χ1v) is 8.00. The zero-order chi connectivity index (χ0) is 17.4. The Balaban J connectivity index is 1.57. The highest BCUT2D eigenvalue weighted by Gasteiger charge is 2.07. The fourth-order valence-electron chi connectivity index (χ4n) is 2.83. The number of hydrogen-bond donors (Lipinski definition) is 1. The lowest BCUT2D eigenvalue weighted by Crippen LogP contribution is -2.03. The van der Waals surface area contributed by atoms with E-state index in [9.17, 15) is 0 Å². The summed E-state index contributed by atoms with van der Waals surface area (Å²) in [7, 11) is 0. The molecule has 1 aromatic carbocycles. The number of tetrazole rings is 1. The maximum atomic E-state index is 4.59. The lowest BCUT2D eigenvalue weighted by molar-refractivity contribution is 0.785. The normalized spacial score (nSPS) is 11.2. The molecule has 126 valence electrons. The summed E-state index contributed by atoms with van der Waals surface area (Å²) < 4.78 is 3.66. The molecule has 0 atom stereocenters. The van der Waals surface area contributed by atoms with Gasteiger partial charge in [0.05, 0.1) is 17.9 Å². The topological polar surface area (TPSA) is 85.8 Å². The van der Waals surface area contributed by atoms with E-state index in [4.69, 9.17) is 0 Å². The monoisotopic (exact) mass is 334 g/mol. The molecule has 0 spiro atoms. The van der Waals surface area contributed by atoms with Crippen molar-refractivity contribution in [2.75, 3.05) is 5.32 Å². The van der Waals surface area contributed by atoms with Crippen LogP contribution >= 0.6 is 0 Å². The van der Waals surface area contributed by atoms with E-state index in [1.54, 1.807) is 11.0 Å². The van der Waals surface area contributed by atoms with E-state index >= 15 is 0 Å². The Kier molecular flexibility index (Phi) is 3.64. The molecule has 0 saturated carbocycles. The molecule has 0 bridgehead atoms. The van der Waals surface area contributed by atoms with Gasteiger partial charge in [0.1, 0.15) is 6.33 Å². The van der Waals surface area contributed by atoms with Crippen molar-refractivity contribution in [1.29, 1.82) is 0 Å². The van der Waals surface area contributed by atoms with Crippen LogP contribution in [0.1, 0.15) is 22.6 Å². The number of rotatable bonds is 4. The van der Waals surface area contributed by atoms with Gasteiger partial charge in [0.15, 0.2) is 0 Å². The molecule has 3 heterocycles. The molecule has 8 heteroatoms. The molecule has 0 radical (unpaired) electrons. The van der Waals surface area contributed by atoms with Crippen molar-refractivity contribution < 1.29 is 0 Å². The number of anilines is 1. The highest BCUT2D eigenvalue weighted by Crippen LogP contribution is 2.19. The Hall–Kier alpha value is -3.29. The van der Waals surface area contributed by atoms with Crippen LogP contribution in [0.5, 0.6) is 0 Å². The summed E-state index contributed by atoms with van der Waals surface area (Å²) in [4.78, 5) is 9.06. The van der Waals surface area contributed by atoms with Gasteiger partial charge in [-0.2, -0.15) is 0 Å². The van der Waals surface area contributed by atoms with Crippen molar-refractivity contribution >= 4 is 11.5 Å². The second-order valence-corrected chi connectivity index (χ2v) is 6.05. The first-order valence-electron chi connectivity index (χ1n) is 8.00. The summed E-state index contributed by atoms with van der Waals surface area (Å²) in [6.07, 6.45) is 3.60. The average Bonchev–Trinajstić information content (AvgIpc) is 3.23. The van der Waals surface area contributed by atoms with Crippen molar-refractivity contribution in [3.05, 3.63) is 59.4 Å². The van der Waals surface area contributed by atoms with Crippen molar-refractivity contribution in [3.8, 4) is 5.69 Å². The highest BCUT2D eigenvalue weighted by molar-refractivity contribution is 5.54. The molecule has 4 aromatic rings. The molecule has 0 saturated heterocycles. The van der Waals surface area contributed by atoms with E-state index in [1.807, 2.05) is 48.7 Å². The number of hydrogen-bond acceptors (Lipinski definition) is 6. The van der Waals surface area contributed by atoms with Crippen LogP contribution in [0.25, 0.3) is 11.5 Å². The molecule has 1 N–H and O–H groups in total. The minimum atomic E-state index is 0.611. The Labute approximate surface area is 144 Å². The summed E-state index contributed by atoms with van der Waals surface area (Å²) in [6.45, 7) is 6.67. The number of fused-ring (bicyclic) bond motifs is 1. The predicted molar refractivity (Wildman–Crippen MR) is 93.7 cm³/mol. The number of imidazole rings is 1. The van der Waals surface area contributed by atoms with Crippen LogP contribution < -0.4 is 5.32 Å². The highest BCUT2D eigenvalue weighted by atomic mass is 15.5. The van der Waals surface area contributed by atoms with Gasteiger partial charge >= 0.3 is 0 Å². The molecule has 0 aliphatic heterocycles. The van der Waals surface area contributed by atoms with Gasteiger partial charge in [-0.05, 0) is 55.0 Å². The fourth-order valence-corrected chi connectivity index (χ4v) is 2.83. The second kappa shape index (κ2) is 5.97. The van der Waals surface area contributed by atoms with E-state index in [1.165, 1.54) is 0 Å². The minimum absolute atomic E-state index is 0.611. The molecule has 0 aliphatic rings. The molecule has 0 amide bonds. The van der Waals surface area contributed by atoms with Crippen molar-refractivity contribution in [2.24, 2.45) is 0 Å². The van der Waals surface area contributed by atoms with Gasteiger partial charge in [-0.1, -0.05) is 6.07 Å². The number of nitrogens with one attached hydrogen (secondary N) is 1. The second-order valence-electron chi connectivity index (χ2n) is 6.05. The zero-order valence-corrected chi connectivity index (χ0v) is 14.3. The van der Waals surface area contributed by atoms with Crippen LogP contribution in [-0.2, 0) is 6.54 Å². The summed E-state index contributed by atoms with van der Waals surface area (Å²) in [5, 5.41) is 14.7. The van der Waals surface area contributed by atoms with E-state index in [0.717, 1.165) is 39.8 Å². The molecule has 4 rings (SSSR count). The first-order chi connectivity index (χ1) is 12.1. The molecular formula is C17H18N8. The summed E-state index contributed by atoms with van der Waals surface area (Å²) in [5.74, 6) is 0.729. The molecule has 0 aliphatic carbocycles. The van der Waals surface area contributed by atoms with Gasteiger partial charge in [0.2, 0.25) is 5.78 Å². The van der Waals surface area contributed by atoms with Crippen LogP contribution in [-0.4, -0.2) is 34.6 Å². The van der Waals surface area contributed by atoms with Gasteiger partial charge < -0.3 is 5.32 Å². The Morgan fingerprint density at radius 3 is 2.76 bits per heavy atom. The van der Waals surface area contributed by atoms with E-state index in [-0.39, 0.29) is 0 Å². The smallest absolute Gasteiger partial charge is 0.234 e. The van der Waals surface area contributed by atoms with Crippen LogP contribution in [0.4, 0.5) is 5.69 Å². The third-order valence-corrected chi connectivity index (χ3v) is 4.09. The Morgan fingerprint density at radius 2 is 1.96 bits per heavy atom. The number of aryl methyl sites for hydroxylation is 3. The van der Waals surface area contributed by atoms with Crippen LogP contribution in [0.15, 0.2) is 36.8 Å². The SMILES string of the molecule is Cc1cc(C)n2cc(CNc3ccc(C)c(-n4cnnn4)c3)nc2n1. The maximum absolute atomic E-state index is 4.59. The number of benzene rings is 1. The van der Waals surface area contributed by atoms with Gasteiger partial charge in [-0.3, -0.25) is 4.40 Å². The first kappa shape index (κ1) is 15.3. The summed E-state index contributed by atoms with van der Waals surface area (Å²) in [5.41, 5.74) is 6.05. The molecule has 8 nitrogen and oxygen atoms in total. The van der Waals surface area contributed by atoms with E-state index in [2.05, 4.69) is 37.7 Å². The largest absolute Gasteiger partial charge is 0.379 e. The van der Waals surface area contributed by atoms with Gasteiger partial charge in [0, 0.05) is 23.3 Å². The van der Waals surface area contributed by atoms with Gasteiger partial charge in [0.25, 0.3) is 0 Å². The Morgan fingerprint density at radius 1 is 1.08 bits per heavy atom. The molecule has 25 heavy (non-hydrogen) atoms. The van der Waals surface area contributed by atoms with Crippen LogP contribution in [0.3, 0.4) is 0 Å². The fraction of sp³-hybridized carbons (Fsp3) is 0.235. The third-order valence-electron chi connectivity index (χ3n) is 4.09. The summed E-state index contributed by atoms with van der Waals surface area (Å²) in [6, 6.07) is 8.14. The number of nitrogens with zero attached hydrogens (tertiary/aromatic N) is 7. The quantitative estimate of drug-likeness (QED) is 0.616. The molecule has 0 fully saturated rings. The van der Waals surface area contributed by atoms with Gasteiger partial charge in [-0.15, -0.1) is 5.10 Å². The summed E-state index contributed by atoms with van der Waals surface area (Å²) >= 11 is 0. The standard InChI is InChI=1S/C17H18N8/c1-11-4-5-14(7-16(11)25-10-19-22-23-25)18-8-15-9-24-13(3)6-12(2)20-17(24)21-15/h4-7,9-10,18H,8H2,1-3H3. The zero-order valence-electron chi connectivity index (χ0n) is 14.3. The molecule has 3 aromatic heterocycles. The number of aromatic nitrogens is 7. The van der Waals surface area contributed by atoms with Crippen molar-refractivity contribution in [3.63, 3.8) is 0 Å².